The van der Waals surface area contributed by atoms with E-state index in [1.165, 1.54) is 39.9 Å². The minimum atomic E-state index is -0.808. The van der Waals surface area contributed by atoms with E-state index in [2.05, 4.69) is 37.3 Å². The van der Waals surface area contributed by atoms with Crippen LogP contribution in [-0.2, 0) is 19.3 Å². The van der Waals surface area contributed by atoms with Crippen LogP contribution in [0.25, 0.3) is 22.3 Å². The maximum atomic E-state index is 13.5. The van der Waals surface area contributed by atoms with Gasteiger partial charge in [-0.2, -0.15) is 0 Å². The van der Waals surface area contributed by atoms with Gasteiger partial charge in [-0.05, 0) is 70.3 Å². The summed E-state index contributed by atoms with van der Waals surface area (Å²) in [6, 6.07) is 17.0. The number of hydrogen-bond donors (Lipinski definition) is 0. The van der Waals surface area contributed by atoms with Gasteiger partial charge in [0.05, 0.1) is 0 Å². The number of benzene rings is 3. The first-order chi connectivity index (χ1) is 11.7. The first kappa shape index (κ1) is 15.1. The summed E-state index contributed by atoms with van der Waals surface area (Å²) in [5.41, 5.74) is 8.24. The van der Waals surface area contributed by atoms with Gasteiger partial charge in [0.2, 0.25) is 0 Å². The van der Waals surface area contributed by atoms with Crippen molar-refractivity contribution in [2.75, 3.05) is 0 Å². The molecule has 0 saturated heterocycles. The van der Waals surface area contributed by atoms with Crippen LogP contribution < -0.4 is 0 Å². The lowest BCUT2D eigenvalue weighted by molar-refractivity contribution is 0.509. The van der Waals surface area contributed by atoms with E-state index in [4.69, 9.17) is 0 Å². The molecule has 1 aliphatic rings. The Kier molecular flexibility index (Phi) is 3.68. The van der Waals surface area contributed by atoms with Crippen molar-refractivity contribution in [2.24, 2.45) is 0 Å². The maximum absolute atomic E-state index is 13.5. The Morgan fingerprint density at radius 2 is 1.33 bits per heavy atom. The second-order valence-corrected chi connectivity index (χ2v) is 6.35. The average molecular weight is 320 g/mol. The van der Waals surface area contributed by atoms with Crippen molar-refractivity contribution in [3.8, 4) is 22.3 Å². The maximum Gasteiger partial charge on any atom is 0.159 e. The molecule has 0 aromatic heterocycles. The molecule has 120 valence electrons. The number of hydrogen-bond acceptors (Lipinski definition) is 0. The summed E-state index contributed by atoms with van der Waals surface area (Å²) in [5, 5.41) is 0. The molecule has 0 N–H and O–H groups in total. The van der Waals surface area contributed by atoms with Gasteiger partial charge in [-0.1, -0.05) is 49.4 Å². The Labute approximate surface area is 140 Å². The SMILES string of the molecule is CCc1ccc2c(c1)CCc1cc(-c3ccc(F)c(F)c3)ccc1-2. The van der Waals surface area contributed by atoms with Crippen LogP contribution in [-0.4, -0.2) is 0 Å². The zero-order chi connectivity index (χ0) is 16.7. The molecule has 0 atom stereocenters. The van der Waals surface area contributed by atoms with E-state index >= 15 is 0 Å². The van der Waals surface area contributed by atoms with E-state index in [-0.39, 0.29) is 0 Å². The van der Waals surface area contributed by atoms with Crippen LogP contribution in [0.5, 0.6) is 0 Å². The summed E-state index contributed by atoms with van der Waals surface area (Å²) in [7, 11) is 0. The van der Waals surface area contributed by atoms with Crippen LogP contribution in [0.2, 0.25) is 0 Å². The Morgan fingerprint density at radius 3 is 2.04 bits per heavy atom. The van der Waals surface area contributed by atoms with Gasteiger partial charge in [0, 0.05) is 0 Å². The van der Waals surface area contributed by atoms with Crippen LogP contribution >= 0.6 is 0 Å². The molecule has 0 bridgehead atoms. The van der Waals surface area contributed by atoms with E-state index in [1.54, 1.807) is 6.07 Å². The number of halogens is 2. The largest absolute Gasteiger partial charge is 0.204 e. The molecular formula is C22H18F2. The Hall–Kier alpha value is -2.48. The summed E-state index contributed by atoms with van der Waals surface area (Å²) in [5.74, 6) is -1.61. The first-order valence-corrected chi connectivity index (χ1v) is 8.36. The summed E-state index contributed by atoms with van der Waals surface area (Å²) in [6.07, 6.45) is 3.06. The van der Waals surface area contributed by atoms with Gasteiger partial charge < -0.3 is 0 Å². The first-order valence-electron chi connectivity index (χ1n) is 8.36. The topological polar surface area (TPSA) is 0 Å². The highest BCUT2D eigenvalue weighted by Crippen LogP contribution is 2.36. The molecule has 0 unspecified atom stereocenters. The summed E-state index contributed by atoms with van der Waals surface area (Å²) < 4.78 is 26.6. The standard InChI is InChI=1S/C22H18F2/c1-2-14-3-8-19-17(11-14)4-5-18-12-15(6-9-20(18)19)16-7-10-21(23)22(24)13-16/h3,6-13H,2,4-5H2,1H3. The van der Waals surface area contributed by atoms with E-state index in [0.717, 1.165) is 24.8 Å². The highest BCUT2D eigenvalue weighted by atomic mass is 19.2. The van der Waals surface area contributed by atoms with Crippen LogP contribution in [0.15, 0.2) is 54.6 Å². The predicted molar refractivity (Wildman–Crippen MR) is 94.0 cm³/mol. The fourth-order valence-electron chi connectivity index (χ4n) is 3.52. The molecule has 0 nitrogen and oxygen atoms in total. The third-order valence-electron chi connectivity index (χ3n) is 4.89. The van der Waals surface area contributed by atoms with E-state index in [1.807, 2.05) is 6.07 Å². The van der Waals surface area contributed by atoms with Crippen molar-refractivity contribution in [1.82, 2.24) is 0 Å². The van der Waals surface area contributed by atoms with Crippen LogP contribution in [0, 0.1) is 11.6 Å². The van der Waals surface area contributed by atoms with Gasteiger partial charge in [0.1, 0.15) is 0 Å². The normalized spacial score (nSPS) is 12.6. The van der Waals surface area contributed by atoms with Crippen LogP contribution in [0.3, 0.4) is 0 Å². The molecule has 4 rings (SSSR count). The number of aryl methyl sites for hydroxylation is 3. The molecular weight excluding hydrogens is 302 g/mol. The molecule has 1 aliphatic carbocycles. The monoisotopic (exact) mass is 320 g/mol. The molecule has 0 heterocycles. The highest BCUT2D eigenvalue weighted by molar-refractivity contribution is 5.77. The molecule has 3 aromatic carbocycles. The van der Waals surface area contributed by atoms with Gasteiger partial charge in [-0.15, -0.1) is 0 Å². The summed E-state index contributed by atoms with van der Waals surface area (Å²) in [4.78, 5) is 0. The minimum absolute atomic E-state index is 0.712. The third kappa shape index (κ3) is 2.52. The van der Waals surface area contributed by atoms with Crippen molar-refractivity contribution >= 4 is 0 Å². The van der Waals surface area contributed by atoms with Gasteiger partial charge in [-0.3, -0.25) is 0 Å². The molecule has 0 spiro atoms. The highest BCUT2D eigenvalue weighted by Gasteiger charge is 2.17. The zero-order valence-electron chi connectivity index (χ0n) is 13.6. The van der Waals surface area contributed by atoms with Crippen LogP contribution in [0.1, 0.15) is 23.6 Å². The molecule has 0 saturated carbocycles. The second kappa shape index (κ2) is 5.86. The fraction of sp³-hybridized carbons (Fsp3) is 0.182. The molecule has 0 amide bonds. The number of fused-ring (bicyclic) bond motifs is 3. The minimum Gasteiger partial charge on any atom is -0.204 e. The average Bonchev–Trinajstić information content (AvgIpc) is 2.62. The molecule has 0 fully saturated rings. The lowest BCUT2D eigenvalue weighted by atomic mass is 9.83. The Morgan fingerprint density at radius 1 is 0.708 bits per heavy atom. The van der Waals surface area contributed by atoms with Gasteiger partial charge in [0.15, 0.2) is 11.6 Å². The van der Waals surface area contributed by atoms with Crippen molar-refractivity contribution < 1.29 is 8.78 Å². The number of rotatable bonds is 2. The van der Waals surface area contributed by atoms with Gasteiger partial charge >= 0.3 is 0 Å². The second-order valence-electron chi connectivity index (χ2n) is 6.35. The Bertz CT molecular complexity index is 925. The van der Waals surface area contributed by atoms with Crippen molar-refractivity contribution in [1.29, 1.82) is 0 Å². The quantitative estimate of drug-likeness (QED) is 0.546. The van der Waals surface area contributed by atoms with Crippen molar-refractivity contribution in [3.63, 3.8) is 0 Å². The Balaban J connectivity index is 1.78. The van der Waals surface area contributed by atoms with E-state index in [9.17, 15) is 8.78 Å². The molecule has 0 radical (unpaired) electrons. The van der Waals surface area contributed by atoms with Gasteiger partial charge in [0.25, 0.3) is 0 Å². The van der Waals surface area contributed by atoms with Gasteiger partial charge in [-0.25, -0.2) is 8.78 Å². The molecule has 24 heavy (non-hydrogen) atoms. The van der Waals surface area contributed by atoms with E-state index in [0.29, 0.717) is 5.56 Å². The predicted octanol–water partition coefficient (Wildman–Crippen LogP) is 5.96. The van der Waals surface area contributed by atoms with Crippen LogP contribution in [0.4, 0.5) is 8.78 Å². The summed E-state index contributed by atoms with van der Waals surface area (Å²) in [6.45, 7) is 2.17. The molecule has 3 aromatic rings. The fourth-order valence-corrected chi connectivity index (χ4v) is 3.52. The van der Waals surface area contributed by atoms with E-state index < -0.39 is 11.6 Å². The van der Waals surface area contributed by atoms with Crippen molar-refractivity contribution in [2.45, 2.75) is 26.2 Å². The summed E-state index contributed by atoms with van der Waals surface area (Å²) >= 11 is 0. The smallest absolute Gasteiger partial charge is 0.159 e. The lowest BCUT2D eigenvalue weighted by Gasteiger charge is -2.21. The molecule has 2 heteroatoms. The molecule has 0 aliphatic heterocycles. The lowest BCUT2D eigenvalue weighted by Crippen LogP contribution is -2.05. The zero-order valence-corrected chi connectivity index (χ0v) is 13.6. The third-order valence-corrected chi connectivity index (χ3v) is 4.89. The van der Waals surface area contributed by atoms with Crippen molar-refractivity contribution in [3.05, 3.63) is 82.9 Å².